The van der Waals surface area contributed by atoms with Gasteiger partial charge in [0.25, 0.3) is 0 Å². The molecule has 2 rings (SSSR count). The normalized spacial score (nSPS) is 16.8. The van der Waals surface area contributed by atoms with Gasteiger partial charge < -0.3 is 0 Å². The number of rotatable bonds is 3. The van der Waals surface area contributed by atoms with E-state index in [4.69, 9.17) is 4.84 Å². The summed E-state index contributed by atoms with van der Waals surface area (Å²) >= 11 is 0. The van der Waals surface area contributed by atoms with Crippen molar-refractivity contribution in [2.45, 2.75) is 18.8 Å². The summed E-state index contributed by atoms with van der Waals surface area (Å²) in [6, 6.07) is 1.99. The lowest BCUT2D eigenvalue weighted by Gasteiger charge is -1.93. The average Bonchev–Trinajstić information content (AvgIpc) is 2.75. The summed E-state index contributed by atoms with van der Waals surface area (Å²) in [6.07, 6.45) is 2.57. The van der Waals surface area contributed by atoms with Gasteiger partial charge in [0.15, 0.2) is 5.82 Å². The molecular formula is C7H11N3O. The van der Waals surface area contributed by atoms with Gasteiger partial charge >= 0.3 is 0 Å². The van der Waals surface area contributed by atoms with Gasteiger partial charge in [0.1, 0.15) is 0 Å². The Morgan fingerprint density at radius 3 is 3.18 bits per heavy atom. The molecule has 0 aromatic carbocycles. The van der Waals surface area contributed by atoms with Crippen molar-refractivity contribution in [3.05, 3.63) is 11.8 Å². The van der Waals surface area contributed by atoms with Crippen molar-refractivity contribution in [2.75, 3.05) is 12.6 Å². The molecule has 11 heavy (non-hydrogen) atoms. The molecule has 1 aliphatic rings. The van der Waals surface area contributed by atoms with Crippen LogP contribution in [0.5, 0.6) is 0 Å². The van der Waals surface area contributed by atoms with Gasteiger partial charge in [-0.3, -0.25) is 9.94 Å². The third-order valence-corrected chi connectivity index (χ3v) is 1.82. The number of aromatic amines is 1. The fourth-order valence-corrected chi connectivity index (χ4v) is 1.10. The highest BCUT2D eigenvalue weighted by atomic mass is 16.6. The van der Waals surface area contributed by atoms with Crippen molar-refractivity contribution in [3.63, 3.8) is 0 Å². The molecule has 1 fully saturated rings. The molecule has 0 unspecified atom stereocenters. The van der Waals surface area contributed by atoms with E-state index in [1.165, 1.54) is 18.5 Å². The molecule has 0 saturated heterocycles. The highest BCUT2D eigenvalue weighted by Gasteiger charge is 2.25. The minimum Gasteiger partial charge on any atom is -0.280 e. The molecule has 4 nitrogen and oxygen atoms in total. The van der Waals surface area contributed by atoms with E-state index in [2.05, 4.69) is 15.7 Å². The molecule has 0 radical (unpaired) electrons. The monoisotopic (exact) mass is 153 g/mol. The second kappa shape index (κ2) is 2.54. The Morgan fingerprint density at radius 1 is 1.73 bits per heavy atom. The van der Waals surface area contributed by atoms with Gasteiger partial charge in [-0.15, -0.1) is 0 Å². The van der Waals surface area contributed by atoms with E-state index < -0.39 is 0 Å². The van der Waals surface area contributed by atoms with Crippen LogP contribution in [-0.2, 0) is 4.84 Å². The number of hydrogen-bond donors (Lipinski definition) is 2. The number of nitrogens with zero attached hydrogens (tertiary/aromatic N) is 1. The predicted molar refractivity (Wildman–Crippen MR) is 41.2 cm³/mol. The average molecular weight is 153 g/mol. The van der Waals surface area contributed by atoms with Crippen LogP contribution in [0, 0.1) is 0 Å². The quantitative estimate of drug-likeness (QED) is 0.643. The number of hydrogen-bond acceptors (Lipinski definition) is 3. The van der Waals surface area contributed by atoms with Crippen LogP contribution in [0.3, 0.4) is 0 Å². The number of aromatic nitrogens is 2. The maximum absolute atomic E-state index is 4.71. The molecule has 0 spiro atoms. The van der Waals surface area contributed by atoms with E-state index in [1.54, 1.807) is 7.11 Å². The molecule has 0 atom stereocenters. The third-order valence-electron chi connectivity index (χ3n) is 1.82. The van der Waals surface area contributed by atoms with Crippen LogP contribution in [0.25, 0.3) is 0 Å². The zero-order chi connectivity index (χ0) is 7.68. The zero-order valence-electron chi connectivity index (χ0n) is 6.42. The summed E-state index contributed by atoms with van der Waals surface area (Å²) in [4.78, 5) is 4.71. The number of nitrogens with one attached hydrogen (secondary N) is 2. The first kappa shape index (κ1) is 6.67. The number of H-pyrrole nitrogens is 1. The zero-order valence-corrected chi connectivity index (χ0v) is 6.42. The van der Waals surface area contributed by atoms with Crippen molar-refractivity contribution >= 4 is 5.82 Å². The van der Waals surface area contributed by atoms with Gasteiger partial charge in [0, 0.05) is 17.7 Å². The first-order chi connectivity index (χ1) is 5.40. The molecule has 1 heterocycles. The first-order valence-corrected chi connectivity index (χ1v) is 3.74. The fourth-order valence-electron chi connectivity index (χ4n) is 1.10. The topological polar surface area (TPSA) is 49.9 Å². The van der Waals surface area contributed by atoms with E-state index in [0.29, 0.717) is 0 Å². The smallest absolute Gasteiger partial charge is 0.171 e. The van der Waals surface area contributed by atoms with Crippen molar-refractivity contribution in [2.24, 2.45) is 0 Å². The minimum absolute atomic E-state index is 0.718. The van der Waals surface area contributed by atoms with Crippen LogP contribution in [0.15, 0.2) is 6.07 Å². The van der Waals surface area contributed by atoms with Gasteiger partial charge in [0.05, 0.1) is 7.11 Å². The molecule has 2 N–H and O–H groups in total. The second-order valence-electron chi connectivity index (χ2n) is 2.79. The Hall–Kier alpha value is -1.03. The van der Waals surface area contributed by atoms with Crippen molar-refractivity contribution in [1.29, 1.82) is 0 Å². The van der Waals surface area contributed by atoms with Crippen LogP contribution in [0.2, 0.25) is 0 Å². The number of anilines is 1. The summed E-state index contributed by atoms with van der Waals surface area (Å²) in [7, 11) is 1.57. The van der Waals surface area contributed by atoms with E-state index >= 15 is 0 Å². The van der Waals surface area contributed by atoms with Crippen LogP contribution in [0.4, 0.5) is 5.82 Å². The van der Waals surface area contributed by atoms with Gasteiger partial charge in [-0.25, -0.2) is 5.48 Å². The highest BCUT2D eigenvalue weighted by molar-refractivity contribution is 5.35. The Morgan fingerprint density at radius 2 is 2.55 bits per heavy atom. The Balaban J connectivity index is 2.06. The molecule has 1 aromatic rings. The lowest BCUT2D eigenvalue weighted by atomic mass is 10.3. The molecule has 1 aromatic heterocycles. The lowest BCUT2D eigenvalue weighted by Crippen LogP contribution is -1.94. The molecule has 1 aliphatic carbocycles. The summed E-state index contributed by atoms with van der Waals surface area (Å²) in [5.74, 6) is 1.48. The van der Waals surface area contributed by atoms with E-state index in [1.807, 2.05) is 6.07 Å². The van der Waals surface area contributed by atoms with Gasteiger partial charge in [-0.05, 0) is 12.8 Å². The van der Waals surface area contributed by atoms with E-state index in [0.717, 1.165) is 11.7 Å². The molecular weight excluding hydrogens is 142 g/mol. The third kappa shape index (κ3) is 1.35. The van der Waals surface area contributed by atoms with Gasteiger partial charge in [0.2, 0.25) is 0 Å². The van der Waals surface area contributed by atoms with Crippen LogP contribution >= 0.6 is 0 Å². The van der Waals surface area contributed by atoms with Gasteiger partial charge in [-0.2, -0.15) is 5.10 Å². The molecule has 0 aliphatic heterocycles. The Kier molecular flexibility index (Phi) is 1.54. The van der Waals surface area contributed by atoms with Crippen LogP contribution in [0.1, 0.15) is 24.5 Å². The SMILES string of the molecule is CONc1cc(C2CC2)[nH]n1. The fraction of sp³-hybridized carbons (Fsp3) is 0.571. The molecule has 60 valence electrons. The summed E-state index contributed by atoms with van der Waals surface area (Å²) in [6.45, 7) is 0. The Labute approximate surface area is 64.9 Å². The van der Waals surface area contributed by atoms with Crippen LogP contribution < -0.4 is 5.48 Å². The van der Waals surface area contributed by atoms with E-state index in [-0.39, 0.29) is 0 Å². The first-order valence-electron chi connectivity index (χ1n) is 3.74. The Bertz CT molecular complexity index is 242. The molecule has 4 heteroatoms. The second-order valence-corrected chi connectivity index (χ2v) is 2.79. The summed E-state index contributed by atoms with van der Waals surface area (Å²) in [5, 5.41) is 6.97. The van der Waals surface area contributed by atoms with Crippen molar-refractivity contribution in [3.8, 4) is 0 Å². The standard InChI is InChI=1S/C7H11N3O/c1-11-10-7-4-6(8-9-7)5-2-3-5/h4-5H,2-3H2,1H3,(H2,8,9,10). The van der Waals surface area contributed by atoms with Gasteiger partial charge in [-0.1, -0.05) is 0 Å². The molecule has 0 amide bonds. The van der Waals surface area contributed by atoms with Crippen LogP contribution in [-0.4, -0.2) is 17.3 Å². The van der Waals surface area contributed by atoms with Crippen molar-refractivity contribution < 1.29 is 4.84 Å². The minimum atomic E-state index is 0.718. The summed E-state index contributed by atoms with van der Waals surface area (Å²) < 4.78 is 0. The summed E-state index contributed by atoms with van der Waals surface area (Å²) in [5.41, 5.74) is 3.88. The maximum Gasteiger partial charge on any atom is 0.171 e. The highest BCUT2D eigenvalue weighted by Crippen LogP contribution is 2.39. The van der Waals surface area contributed by atoms with Crippen molar-refractivity contribution in [1.82, 2.24) is 10.2 Å². The predicted octanol–water partition coefficient (Wildman–Crippen LogP) is 1.26. The maximum atomic E-state index is 4.71. The van der Waals surface area contributed by atoms with E-state index in [9.17, 15) is 0 Å². The molecule has 0 bridgehead atoms. The lowest BCUT2D eigenvalue weighted by molar-refractivity contribution is 0.269. The molecule has 1 saturated carbocycles. The largest absolute Gasteiger partial charge is 0.280 e.